The summed E-state index contributed by atoms with van der Waals surface area (Å²) in [6.45, 7) is 7.51. The number of fused-ring (bicyclic) bond motifs is 3. The van der Waals surface area contributed by atoms with Gasteiger partial charge in [0.25, 0.3) is 11.8 Å². The number of carbonyl (C=O) groups excluding carboxylic acids is 2. The maximum atomic E-state index is 13.7. The van der Waals surface area contributed by atoms with Crippen molar-refractivity contribution in [1.82, 2.24) is 24.1 Å². The summed E-state index contributed by atoms with van der Waals surface area (Å²) in [6, 6.07) is 17.6. The van der Waals surface area contributed by atoms with Crippen molar-refractivity contribution in [2.75, 3.05) is 53.0 Å². The van der Waals surface area contributed by atoms with Crippen LogP contribution in [0.1, 0.15) is 58.5 Å². The lowest BCUT2D eigenvalue weighted by atomic mass is 10.1. The molecule has 244 valence electrons. The normalized spacial score (nSPS) is 17.9. The van der Waals surface area contributed by atoms with Gasteiger partial charge in [-0.2, -0.15) is 0 Å². The highest BCUT2D eigenvalue weighted by atomic mass is 16.5. The quantitative estimate of drug-likeness (QED) is 0.210. The molecule has 1 atom stereocenters. The molecule has 4 aromatic rings. The van der Waals surface area contributed by atoms with E-state index in [9.17, 15) is 9.59 Å². The molecular weight excluding hydrogens is 592 g/mol. The third-order valence-corrected chi connectivity index (χ3v) is 9.60. The molecule has 0 aliphatic carbocycles. The zero-order chi connectivity index (χ0) is 32.3. The van der Waals surface area contributed by atoms with Gasteiger partial charge in [-0.15, -0.1) is 0 Å². The lowest BCUT2D eigenvalue weighted by molar-refractivity contribution is 0.0631. The van der Waals surface area contributed by atoms with Crippen molar-refractivity contribution in [3.63, 3.8) is 0 Å². The van der Waals surface area contributed by atoms with Crippen LogP contribution in [0.15, 0.2) is 65.8 Å². The number of nitrogens with zero attached hydrogens (tertiary/aromatic N) is 6. The third kappa shape index (κ3) is 6.34. The van der Waals surface area contributed by atoms with Crippen LogP contribution < -0.4 is 9.47 Å². The minimum absolute atomic E-state index is 0.0197. The van der Waals surface area contributed by atoms with Crippen LogP contribution in [0.25, 0.3) is 16.9 Å². The topological polar surface area (TPSA) is 92.0 Å². The first kappa shape index (κ1) is 30.9. The maximum Gasteiger partial charge on any atom is 0.274 e. The first-order chi connectivity index (χ1) is 23.0. The molecule has 0 radical (unpaired) electrons. The molecule has 2 aromatic carbocycles. The van der Waals surface area contributed by atoms with Gasteiger partial charge < -0.3 is 19.3 Å². The number of aliphatic imine (C=N–C) groups is 1. The Hall–Kier alpha value is -4.70. The number of rotatable bonds is 10. The Morgan fingerprint density at radius 3 is 2.62 bits per heavy atom. The molecule has 2 aromatic heterocycles. The summed E-state index contributed by atoms with van der Waals surface area (Å²) in [5.41, 5.74) is 4.59. The van der Waals surface area contributed by atoms with Crippen LogP contribution in [-0.2, 0) is 0 Å². The van der Waals surface area contributed by atoms with Gasteiger partial charge >= 0.3 is 0 Å². The summed E-state index contributed by atoms with van der Waals surface area (Å²) >= 11 is 0. The van der Waals surface area contributed by atoms with E-state index in [4.69, 9.17) is 14.5 Å². The molecule has 0 spiro atoms. The molecule has 2 amide bonds. The van der Waals surface area contributed by atoms with Gasteiger partial charge in [0.1, 0.15) is 17.3 Å². The standard InChI is InChI=1S/C37H42N6O4/c1-26-23-30-31(38-25-28-9-8-17-42(28)36(30)44)24-33(26)47-22-7-3-5-15-40-18-20-41(21-19-40)37(45)34-32-10-4-6-16-43(32)35(39-34)27-11-13-29(46-2)14-12-27/h4,6,10-14,16,23-25,28H,3,5,7-9,15,17-22H2,1-2H3/t28-/m0/s1. The number of imidazole rings is 1. The summed E-state index contributed by atoms with van der Waals surface area (Å²) < 4.78 is 13.4. The molecule has 5 heterocycles. The van der Waals surface area contributed by atoms with Crippen LogP contribution in [0.2, 0.25) is 0 Å². The van der Waals surface area contributed by atoms with Gasteiger partial charge in [-0.05, 0) is 93.6 Å². The summed E-state index contributed by atoms with van der Waals surface area (Å²) in [5, 5.41) is 0. The molecule has 3 aliphatic rings. The van der Waals surface area contributed by atoms with E-state index < -0.39 is 0 Å². The zero-order valence-electron chi connectivity index (χ0n) is 27.2. The van der Waals surface area contributed by atoms with Crippen molar-refractivity contribution in [3.05, 3.63) is 77.6 Å². The van der Waals surface area contributed by atoms with E-state index in [1.54, 1.807) is 7.11 Å². The lowest BCUT2D eigenvalue weighted by Gasteiger charge is -2.34. The number of hydrogen-bond donors (Lipinski definition) is 0. The van der Waals surface area contributed by atoms with E-state index >= 15 is 0 Å². The number of carbonyl (C=O) groups is 2. The fourth-order valence-corrected chi connectivity index (χ4v) is 6.89. The fraction of sp³-hybridized carbons (Fsp3) is 0.405. The second-order valence-corrected chi connectivity index (χ2v) is 12.6. The number of pyridine rings is 1. The fourth-order valence-electron chi connectivity index (χ4n) is 6.89. The highest BCUT2D eigenvalue weighted by Gasteiger charge is 2.32. The average Bonchev–Trinajstić information content (AvgIpc) is 3.72. The first-order valence-corrected chi connectivity index (χ1v) is 16.8. The molecule has 10 heteroatoms. The number of amides is 2. The highest BCUT2D eigenvalue weighted by molar-refractivity contribution is 6.03. The minimum atomic E-state index is -0.0197. The molecule has 47 heavy (non-hydrogen) atoms. The number of ether oxygens (including phenoxy) is 2. The second kappa shape index (κ2) is 13.6. The Balaban J connectivity index is 0.875. The Kier molecular flexibility index (Phi) is 8.93. The smallest absolute Gasteiger partial charge is 0.274 e. The Bertz CT molecular complexity index is 1790. The number of aryl methyl sites for hydroxylation is 1. The van der Waals surface area contributed by atoms with Crippen LogP contribution in [-0.4, -0.2) is 101 Å². The molecule has 7 rings (SSSR count). The van der Waals surface area contributed by atoms with Gasteiger partial charge in [-0.1, -0.05) is 6.07 Å². The Morgan fingerprint density at radius 2 is 1.81 bits per heavy atom. The van der Waals surface area contributed by atoms with Gasteiger partial charge in [0.05, 0.1) is 36.5 Å². The summed E-state index contributed by atoms with van der Waals surface area (Å²) in [5.74, 6) is 2.39. The van der Waals surface area contributed by atoms with Gasteiger partial charge in [0, 0.05) is 56.8 Å². The highest BCUT2D eigenvalue weighted by Crippen LogP contribution is 2.34. The van der Waals surface area contributed by atoms with Crippen LogP contribution >= 0.6 is 0 Å². The van der Waals surface area contributed by atoms with Crippen molar-refractivity contribution >= 4 is 29.2 Å². The third-order valence-electron chi connectivity index (χ3n) is 9.60. The molecule has 10 nitrogen and oxygen atoms in total. The van der Waals surface area contributed by atoms with Crippen molar-refractivity contribution in [1.29, 1.82) is 0 Å². The van der Waals surface area contributed by atoms with Crippen molar-refractivity contribution in [2.45, 2.75) is 45.1 Å². The zero-order valence-corrected chi connectivity index (χ0v) is 27.2. The predicted octanol–water partition coefficient (Wildman–Crippen LogP) is 5.65. The Morgan fingerprint density at radius 1 is 0.979 bits per heavy atom. The molecule has 3 aliphatic heterocycles. The van der Waals surface area contributed by atoms with Crippen molar-refractivity contribution in [3.8, 4) is 22.9 Å². The number of unbranched alkanes of at least 4 members (excludes halogenated alkanes) is 2. The van der Waals surface area contributed by atoms with Crippen molar-refractivity contribution < 1.29 is 19.1 Å². The number of piperazine rings is 1. The molecule has 0 unspecified atom stereocenters. The SMILES string of the molecule is COc1ccc(-c2nc(C(=O)N3CCN(CCCCCOc4cc5c(cc4C)C(=O)N4CCC[C@H]4C=N5)CC3)c3ccccn23)cc1. The first-order valence-electron chi connectivity index (χ1n) is 16.8. The van der Waals surface area contributed by atoms with Crippen molar-refractivity contribution in [2.24, 2.45) is 4.99 Å². The number of benzene rings is 2. The van der Waals surface area contributed by atoms with Crippen LogP contribution in [0.3, 0.4) is 0 Å². The van der Waals surface area contributed by atoms with Gasteiger partial charge in [-0.25, -0.2) is 4.98 Å². The lowest BCUT2D eigenvalue weighted by Crippen LogP contribution is -2.49. The van der Waals surface area contributed by atoms with E-state index in [0.717, 1.165) is 92.3 Å². The Labute approximate surface area is 275 Å². The maximum absolute atomic E-state index is 13.7. The monoisotopic (exact) mass is 634 g/mol. The van der Waals surface area contributed by atoms with Gasteiger partial charge in [0.15, 0.2) is 5.69 Å². The molecule has 0 saturated carbocycles. The van der Waals surface area contributed by atoms with Crippen LogP contribution in [0.5, 0.6) is 11.5 Å². The van der Waals surface area contributed by atoms with Gasteiger partial charge in [0.2, 0.25) is 0 Å². The number of aromatic nitrogens is 2. The predicted molar refractivity (Wildman–Crippen MR) is 182 cm³/mol. The second-order valence-electron chi connectivity index (χ2n) is 12.6. The number of methoxy groups -OCH3 is 1. The number of hydrogen-bond acceptors (Lipinski definition) is 7. The average molecular weight is 635 g/mol. The van der Waals surface area contributed by atoms with E-state index in [1.807, 2.05) is 88.1 Å². The summed E-state index contributed by atoms with van der Waals surface area (Å²) in [4.78, 5) is 42.5. The molecule has 2 saturated heterocycles. The largest absolute Gasteiger partial charge is 0.497 e. The summed E-state index contributed by atoms with van der Waals surface area (Å²) in [7, 11) is 1.65. The van der Waals surface area contributed by atoms with E-state index in [0.29, 0.717) is 36.6 Å². The molecular formula is C37H42N6O4. The molecule has 0 bridgehead atoms. The van der Waals surface area contributed by atoms with E-state index in [2.05, 4.69) is 9.89 Å². The molecule has 2 fully saturated rings. The van der Waals surface area contributed by atoms with Gasteiger partial charge in [-0.3, -0.25) is 23.9 Å². The minimum Gasteiger partial charge on any atom is -0.497 e. The molecule has 0 N–H and O–H groups in total. The van der Waals surface area contributed by atoms with E-state index in [1.165, 1.54) is 0 Å². The van der Waals surface area contributed by atoms with E-state index in [-0.39, 0.29) is 17.9 Å². The van der Waals surface area contributed by atoms with Crippen LogP contribution in [0.4, 0.5) is 5.69 Å². The summed E-state index contributed by atoms with van der Waals surface area (Å²) in [6.07, 6.45) is 8.98. The van der Waals surface area contributed by atoms with Crippen LogP contribution in [0, 0.1) is 6.92 Å².